The average molecular weight is 344 g/mol. The van der Waals surface area contributed by atoms with Crippen molar-refractivity contribution >= 4 is 17.7 Å². The second-order valence-corrected chi connectivity index (χ2v) is 5.99. The molecule has 0 aromatic heterocycles. The van der Waals surface area contributed by atoms with E-state index in [1.807, 2.05) is 13.8 Å². The highest BCUT2D eigenvalue weighted by atomic mass is 32.2. The number of Topliss-reactive ketones (excluding diaryl/α,β-unsaturated/α-hetero) is 1. The zero-order valence-corrected chi connectivity index (χ0v) is 14.4. The minimum atomic E-state index is -0.383. The molecule has 130 valence electrons. The maximum absolute atomic E-state index is 11.8. The van der Waals surface area contributed by atoms with Crippen molar-refractivity contribution in [1.29, 1.82) is 0 Å². The molecular weight excluding hydrogens is 320 g/mol. The number of nitrogens with two attached hydrogens (primary N) is 1. The van der Waals surface area contributed by atoms with Crippen molar-refractivity contribution in [2.24, 2.45) is 10.3 Å². The van der Waals surface area contributed by atoms with Crippen LogP contribution in [0.15, 0.2) is 26.7 Å². The van der Waals surface area contributed by atoms with Gasteiger partial charge < -0.3 is 26.2 Å². The van der Waals surface area contributed by atoms with E-state index >= 15 is 0 Å². The van der Waals surface area contributed by atoms with Crippen LogP contribution in [-0.2, 0) is 9.53 Å². The van der Waals surface area contributed by atoms with Crippen LogP contribution in [0.1, 0.15) is 40.0 Å². The fraction of sp³-hybridized carbons (Fsp3) is 0.643. The van der Waals surface area contributed by atoms with Crippen LogP contribution in [0.3, 0.4) is 0 Å². The van der Waals surface area contributed by atoms with E-state index in [9.17, 15) is 9.70 Å². The first-order valence-electron chi connectivity index (χ1n) is 7.42. The molecule has 5 N–H and O–H groups in total. The van der Waals surface area contributed by atoms with Crippen LogP contribution in [0.4, 0.5) is 0 Å². The largest absolute Gasteiger partial charge is 0.394 e. The number of allylic oxidation sites excluding steroid dienone is 2. The van der Waals surface area contributed by atoms with Crippen LogP contribution in [0.25, 0.3) is 0 Å². The van der Waals surface area contributed by atoms with E-state index < -0.39 is 0 Å². The van der Waals surface area contributed by atoms with Crippen molar-refractivity contribution in [3.05, 3.63) is 27.0 Å². The molecule has 9 heteroatoms. The third-order valence-electron chi connectivity index (χ3n) is 3.54. The molecule has 1 aliphatic rings. The molecule has 0 radical (unpaired) electrons. The van der Waals surface area contributed by atoms with Gasteiger partial charge in [0.2, 0.25) is 0 Å². The molecule has 1 fully saturated rings. The Morgan fingerprint density at radius 3 is 2.61 bits per heavy atom. The van der Waals surface area contributed by atoms with E-state index in [1.165, 1.54) is 6.92 Å². The number of aliphatic hydroxyl groups is 1. The topological polar surface area (TPSA) is 126 Å². The van der Waals surface area contributed by atoms with Gasteiger partial charge in [-0.3, -0.25) is 4.79 Å². The van der Waals surface area contributed by atoms with Gasteiger partial charge in [-0.2, -0.15) is 0 Å². The lowest BCUT2D eigenvalue weighted by atomic mass is 10.2. The summed E-state index contributed by atoms with van der Waals surface area (Å²) in [6, 6.07) is 0. The molecule has 1 aliphatic heterocycles. The molecule has 0 saturated carbocycles. The van der Waals surface area contributed by atoms with Gasteiger partial charge in [0, 0.05) is 4.58 Å². The van der Waals surface area contributed by atoms with E-state index in [1.54, 1.807) is 0 Å². The van der Waals surface area contributed by atoms with Crippen LogP contribution in [0.2, 0.25) is 0 Å². The van der Waals surface area contributed by atoms with Gasteiger partial charge >= 0.3 is 0 Å². The number of carbonyl (C=O) groups is 1. The number of hydrogen-bond acceptors (Lipinski definition) is 9. The summed E-state index contributed by atoms with van der Waals surface area (Å²) in [4.78, 5) is 22.5. The maximum atomic E-state index is 11.8. The number of carbonyl (C=O) groups excluding carboxylic acids is 1. The van der Waals surface area contributed by atoms with Crippen LogP contribution < -0.4 is 16.4 Å². The highest BCUT2D eigenvalue weighted by molar-refractivity contribution is 8.02. The summed E-state index contributed by atoms with van der Waals surface area (Å²) in [5.74, 6) is 0.371. The van der Waals surface area contributed by atoms with Crippen molar-refractivity contribution in [3.63, 3.8) is 0 Å². The number of aliphatic hydroxyl groups excluding tert-OH is 1. The summed E-state index contributed by atoms with van der Waals surface area (Å²) in [7, 11) is 0. The molecule has 8 nitrogen and oxygen atoms in total. The normalized spacial score (nSPS) is 23.0. The standard InChI is InChI=1S/C14H24N4O4S/c1-4-8(2)13(15)17-14(12(9(3)20)23-18-21)16-11-6-5-10(7-19)22-11/h10-11,16-17,19H,4-7,15H2,1-3H3/b13-8+,14-12+. The van der Waals surface area contributed by atoms with Gasteiger partial charge in [0.25, 0.3) is 0 Å². The summed E-state index contributed by atoms with van der Waals surface area (Å²) in [6.45, 7) is 5.11. The van der Waals surface area contributed by atoms with Crippen molar-refractivity contribution in [3.8, 4) is 0 Å². The third kappa shape index (κ3) is 5.85. The number of nitrogens with zero attached hydrogens (tertiary/aromatic N) is 1. The molecule has 2 atom stereocenters. The quantitative estimate of drug-likeness (QED) is 0.281. The lowest BCUT2D eigenvalue weighted by molar-refractivity contribution is -0.113. The second kappa shape index (κ2) is 9.53. The van der Waals surface area contributed by atoms with E-state index in [-0.39, 0.29) is 35.4 Å². The Morgan fingerprint density at radius 1 is 1.43 bits per heavy atom. The Balaban J connectivity index is 3.03. The molecule has 1 saturated heterocycles. The summed E-state index contributed by atoms with van der Waals surface area (Å²) in [5.41, 5.74) is 6.89. The monoisotopic (exact) mass is 344 g/mol. The van der Waals surface area contributed by atoms with E-state index in [4.69, 9.17) is 15.6 Å². The highest BCUT2D eigenvalue weighted by Crippen LogP contribution is 2.23. The third-order valence-corrected chi connectivity index (χ3v) is 4.29. The minimum Gasteiger partial charge on any atom is -0.394 e. The molecular formula is C14H24N4O4S. The summed E-state index contributed by atoms with van der Waals surface area (Å²) in [6.07, 6.45) is 1.49. The van der Waals surface area contributed by atoms with E-state index in [0.717, 1.165) is 12.0 Å². The van der Waals surface area contributed by atoms with Crippen molar-refractivity contribution in [2.75, 3.05) is 6.61 Å². The van der Waals surface area contributed by atoms with Crippen molar-refractivity contribution in [2.45, 2.75) is 52.4 Å². The Bertz CT molecular complexity index is 507. The summed E-state index contributed by atoms with van der Waals surface area (Å²) in [5, 5.41) is 15.1. The van der Waals surface area contributed by atoms with E-state index in [2.05, 4.69) is 15.2 Å². The van der Waals surface area contributed by atoms with Gasteiger partial charge in [0.05, 0.1) is 24.7 Å². The lowest BCUT2D eigenvalue weighted by Crippen LogP contribution is -2.38. The Morgan fingerprint density at radius 2 is 2.13 bits per heavy atom. The molecule has 0 bridgehead atoms. The number of hydrogen-bond donors (Lipinski definition) is 4. The smallest absolute Gasteiger partial charge is 0.171 e. The molecule has 2 unspecified atom stereocenters. The number of ether oxygens (including phenoxy) is 1. The average Bonchev–Trinajstić information content (AvgIpc) is 2.98. The number of nitroso groups, excluding NO2 is 1. The first-order chi connectivity index (χ1) is 10.9. The predicted octanol–water partition coefficient (Wildman–Crippen LogP) is 1.44. The first-order valence-corrected chi connectivity index (χ1v) is 8.20. The molecule has 1 heterocycles. The Hall–Kier alpha value is -1.58. The lowest BCUT2D eigenvalue weighted by Gasteiger charge is -2.21. The molecule has 0 amide bonds. The van der Waals surface area contributed by atoms with Crippen LogP contribution in [-0.4, -0.2) is 29.8 Å². The molecule has 0 aromatic rings. The fourth-order valence-electron chi connectivity index (χ4n) is 2.02. The molecule has 23 heavy (non-hydrogen) atoms. The molecule has 0 spiro atoms. The van der Waals surface area contributed by atoms with Crippen LogP contribution >= 0.6 is 11.9 Å². The molecule has 0 aromatic carbocycles. The van der Waals surface area contributed by atoms with Gasteiger partial charge in [0.15, 0.2) is 5.78 Å². The number of nitrogens with one attached hydrogen (secondary N) is 2. The zero-order valence-electron chi connectivity index (χ0n) is 13.6. The van der Waals surface area contributed by atoms with Gasteiger partial charge in [-0.25, -0.2) is 0 Å². The highest BCUT2D eigenvalue weighted by Gasteiger charge is 2.26. The van der Waals surface area contributed by atoms with E-state index in [0.29, 0.717) is 30.6 Å². The number of ketones is 1. The Labute approximate surface area is 140 Å². The van der Waals surface area contributed by atoms with Gasteiger partial charge in [-0.05, 0) is 38.7 Å². The first kappa shape index (κ1) is 19.5. The van der Waals surface area contributed by atoms with Crippen LogP contribution in [0, 0.1) is 4.91 Å². The van der Waals surface area contributed by atoms with Crippen LogP contribution in [0.5, 0.6) is 0 Å². The molecule has 1 rings (SSSR count). The second-order valence-electron chi connectivity index (χ2n) is 5.25. The van der Waals surface area contributed by atoms with Crippen molar-refractivity contribution < 1.29 is 14.6 Å². The maximum Gasteiger partial charge on any atom is 0.171 e. The van der Waals surface area contributed by atoms with Crippen molar-refractivity contribution in [1.82, 2.24) is 10.6 Å². The fourth-order valence-corrected chi connectivity index (χ4v) is 2.42. The predicted molar refractivity (Wildman–Crippen MR) is 89.5 cm³/mol. The minimum absolute atomic E-state index is 0.0636. The Kier molecular flexibility index (Phi) is 8.07. The SMILES string of the molecule is CC/C(C)=C(\N)N/C(NC1CCC(CO)O1)=C(/SN=O)C(C)=O. The van der Waals surface area contributed by atoms with Gasteiger partial charge in [-0.1, -0.05) is 6.92 Å². The van der Waals surface area contributed by atoms with Gasteiger partial charge in [-0.15, -0.1) is 4.91 Å². The molecule has 0 aliphatic carbocycles. The summed E-state index contributed by atoms with van der Waals surface area (Å²) >= 11 is 0.535. The van der Waals surface area contributed by atoms with Gasteiger partial charge in [0.1, 0.15) is 22.8 Å². The number of rotatable bonds is 9. The summed E-state index contributed by atoms with van der Waals surface area (Å²) < 4.78 is 8.32. The zero-order chi connectivity index (χ0) is 17.4.